The molecule has 7 rings (SSSR count). The summed E-state index contributed by atoms with van der Waals surface area (Å²) in [6, 6.07) is 20.3. The van der Waals surface area contributed by atoms with Crippen LogP contribution in [0.2, 0.25) is 10.0 Å². The number of anilines is 1. The fraction of sp³-hybridized carbons (Fsp3) is 0.371. The van der Waals surface area contributed by atoms with Crippen molar-refractivity contribution < 1.29 is 14.2 Å². The maximum absolute atomic E-state index is 13.9. The van der Waals surface area contributed by atoms with Crippen LogP contribution in [0.1, 0.15) is 31.9 Å². The summed E-state index contributed by atoms with van der Waals surface area (Å²) in [7, 11) is 0. The second-order valence-electron chi connectivity index (χ2n) is 12.7. The van der Waals surface area contributed by atoms with Gasteiger partial charge in [0, 0.05) is 28.4 Å². The Morgan fingerprint density at radius 2 is 1.76 bits per heavy atom. The Labute approximate surface area is 299 Å². The van der Waals surface area contributed by atoms with Gasteiger partial charge in [0.2, 0.25) is 5.79 Å². The number of piperazine rings is 1. The molecule has 2 fully saturated rings. The van der Waals surface area contributed by atoms with Gasteiger partial charge in [0.15, 0.2) is 0 Å². The van der Waals surface area contributed by atoms with E-state index in [1.54, 1.807) is 40.1 Å². The molecule has 2 saturated heterocycles. The molecular weight excluding hydrogens is 683 g/mol. The molecule has 0 bridgehead atoms. The molecule has 0 spiro atoms. The van der Waals surface area contributed by atoms with Crippen molar-refractivity contribution in [1.82, 2.24) is 33.8 Å². The van der Waals surface area contributed by atoms with Crippen molar-refractivity contribution in [3.63, 3.8) is 0 Å². The van der Waals surface area contributed by atoms with E-state index in [4.69, 9.17) is 37.4 Å². The van der Waals surface area contributed by atoms with Crippen LogP contribution in [-0.4, -0.2) is 74.6 Å². The number of hydroxylamine groups is 2. The van der Waals surface area contributed by atoms with Crippen molar-refractivity contribution in [2.75, 3.05) is 44.3 Å². The molecule has 0 radical (unpaired) electrons. The molecule has 4 heterocycles. The lowest BCUT2D eigenvalue weighted by Gasteiger charge is -2.48. The number of ether oxygens (including phenoxy) is 3. The van der Waals surface area contributed by atoms with Gasteiger partial charge in [-0.25, -0.2) is 23.7 Å². The van der Waals surface area contributed by atoms with E-state index in [2.05, 4.69) is 20.1 Å². The first-order valence-corrected chi connectivity index (χ1v) is 17.3. The van der Waals surface area contributed by atoms with Crippen LogP contribution in [0.15, 0.2) is 90.5 Å². The Morgan fingerprint density at radius 1 is 1.02 bits per heavy atom. The maximum Gasteiger partial charge on any atom is 0.350 e. The molecule has 0 amide bonds. The van der Waals surface area contributed by atoms with E-state index in [1.165, 1.54) is 11.0 Å². The van der Waals surface area contributed by atoms with E-state index >= 15 is 0 Å². The highest BCUT2D eigenvalue weighted by Crippen LogP contribution is 2.40. The fourth-order valence-corrected chi connectivity index (χ4v) is 6.94. The van der Waals surface area contributed by atoms with Gasteiger partial charge >= 0.3 is 5.69 Å². The lowest BCUT2D eigenvalue weighted by atomic mass is 10.1. The zero-order valence-electron chi connectivity index (χ0n) is 27.8. The zero-order valence-corrected chi connectivity index (χ0v) is 29.3. The average Bonchev–Trinajstić information content (AvgIpc) is 3.89. The quantitative estimate of drug-likeness (QED) is 0.127. The van der Waals surface area contributed by atoms with Crippen molar-refractivity contribution in [3.8, 4) is 11.4 Å². The first-order valence-electron chi connectivity index (χ1n) is 16.6. The molecule has 5 aromatic rings. The van der Waals surface area contributed by atoms with Gasteiger partial charge in [-0.05, 0) is 61.9 Å². The van der Waals surface area contributed by atoms with Crippen LogP contribution in [-0.2, 0) is 21.8 Å². The Kier molecular flexibility index (Phi) is 9.70. The van der Waals surface area contributed by atoms with Gasteiger partial charge in [0.25, 0.3) is 0 Å². The average molecular weight is 722 g/mol. The summed E-state index contributed by atoms with van der Waals surface area (Å²) in [6.07, 6.45) is 5.02. The Bertz CT molecular complexity index is 1960. The minimum absolute atomic E-state index is 0.0344. The summed E-state index contributed by atoms with van der Waals surface area (Å²) in [5.74, 6) is -0.581. The number of benzene rings is 3. The molecule has 2 aromatic heterocycles. The summed E-state index contributed by atoms with van der Waals surface area (Å²) < 4.78 is 23.0. The van der Waals surface area contributed by atoms with Crippen molar-refractivity contribution >= 4 is 34.6 Å². The molecule has 3 aromatic carbocycles. The monoisotopic (exact) mass is 720 g/mol. The number of hydrogen-bond donors (Lipinski definition) is 0. The lowest BCUT2D eigenvalue weighted by molar-refractivity contribution is -0.190. The molecule has 2 aliphatic rings. The lowest BCUT2D eigenvalue weighted by Crippen LogP contribution is -2.57. The van der Waals surface area contributed by atoms with E-state index in [9.17, 15) is 10.0 Å². The first kappa shape index (κ1) is 34.2. The van der Waals surface area contributed by atoms with Crippen LogP contribution in [0.25, 0.3) is 5.69 Å². The Morgan fingerprint density at radius 3 is 2.44 bits per heavy atom. The molecule has 13 nitrogen and oxygen atoms in total. The van der Waals surface area contributed by atoms with Crippen LogP contribution >= 0.6 is 23.2 Å². The molecule has 262 valence electrons. The number of aromatic nitrogens is 6. The SMILES string of the molecule is CCC(C)n1ncn(-c2ccc(N3CC[N+]([O-])(c4ccc(OC[C@@H]5CO[C@@](Cn6cncn6)(c6ccc(Cl)cc6Cl)O5)cc4)CC3)cc2)c1=O. The molecule has 15 heteroatoms. The molecule has 2 aliphatic heterocycles. The van der Waals surface area contributed by atoms with Crippen molar-refractivity contribution in [1.29, 1.82) is 0 Å². The van der Waals surface area contributed by atoms with E-state index in [1.807, 2.05) is 62.4 Å². The van der Waals surface area contributed by atoms with Crippen LogP contribution in [0.3, 0.4) is 0 Å². The van der Waals surface area contributed by atoms with Crippen molar-refractivity contribution in [2.45, 2.75) is 44.7 Å². The Hall–Kier alpha value is -4.24. The molecule has 1 unspecified atom stereocenters. The van der Waals surface area contributed by atoms with Gasteiger partial charge in [-0.3, -0.25) is 0 Å². The summed E-state index contributed by atoms with van der Waals surface area (Å²) in [5, 5.41) is 23.3. The molecular formula is C35H38Cl2N8O5. The molecule has 3 atom stereocenters. The number of halogens is 2. The van der Waals surface area contributed by atoms with Crippen molar-refractivity contribution in [2.24, 2.45) is 0 Å². The highest BCUT2D eigenvalue weighted by atomic mass is 35.5. The van der Waals surface area contributed by atoms with Gasteiger partial charge in [-0.15, -0.1) is 0 Å². The number of nitrogens with zero attached hydrogens (tertiary/aromatic N) is 8. The van der Waals surface area contributed by atoms with E-state index < -0.39 is 16.5 Å². The number of rotatable bonds is 11. The standard InChI is InChI=1S/C35H38Cl2N8O5/c1-3-25(2)44-34(46)43(24-40-44)28-7-5-27(6-8-28)41-14-16-45(47,17-15-41)29-9-11-30(12-10-29)48-19-31-20-49-35(50-31,21-42-23-38-22-39-42)32-13-4-26(36)18-33(32)37/h4-13,18,22-25,31H,3,14-17,19-21H2,1-2H3/t25?,31-,35-/m1/s1. The summed E-state index contributed by atoms with van der Waals surface area (Å²) in [6.45, 7) is 6.73. The normalized spacial score (nSPS) is 21.0. The second kappa shape index (κ2) is 14.2. The third kappa shape index (κ3) is 6.89. The van der Waals surface area contributed by atoms with Gasteiger partial charge in [-0.1, -0.05) is 36.2 Å². The smallest absolute Gasteiger partial charge is 0.350 e. The minimum Gasteiger partial charge on any atom is -0.627 e. The summed E-state index contributed by atoms with van der Waals surface area (Å²) in [5.41, 5.74) is 2.92. The molecule has 0 aliphatic carbocycles. The predicted octanol–water partition coefficient (Wildman–Crippen LogP) is 5.58. The van der Waals surface area contributed by atoms with Crippen LogP contribution in [0.5, 0.6) is 5.75 Å². The second-order valence-corrected chi connectivity index (χ2v) is 13.5. The molecule has 50 heavy (non-hydrogen) atoms. The number of hydrogen-bond acceptors (Lipinski definition) is 9. The Balaban J connectivity index is 0.947. The molecule has 0 saturated carbocycles. The topological polar surface area (TPSA) is 125 Å². The fourth-order valence-electron chi connectivity index (χ4n) is 6.38. The van der Waals surface area contributed by atoms with Crippen molar-refractivity contribution in [3.05, 3.63) is 117 Å². The van der Waals surface area contributed by atoms with E-state index in [0.29, 0.717) is 53.2 Å². The minimum atomic E-state index is -1.20. The van der Waals surface area contributed by atoms with E-state index in [-0.39, 0.29) is 31.5 Å². The highest BCUT2D eigenvalue weighted by molar-refractivity contribution is 6.35. The number of quaternary nitrogens is 1. The van der Waals surface area contributed by atoms with Crippen LogP contribution in [0, 0.1) is 5.21 Å². The van der Waals surface area contributed by atoms with Crippen LogP contribution in [0.4, 0.5) is 11.4 Å². The summed E-state index contributed by atoms with van der Waals surface area (Å²) >= 11 is 12.7. The zero-order chi connectivity index (χ0) is 34.9. The molecule has 0 N–H and O–H groups in total. The predicted molar refractivity (Wildman–Crippen MR) is 191 cm³/mol. The van der Waals surface area contributed by atoms with E-state index in [0.717, 1.165) is 17.8 Å². The van der Waals surface area contributed by atoms with Gasteiger partial charge in [0.05, 0.1) is 36.4 Å². The third-order valence-corrected chi connectivity index (χ3v) is 9.99. The summed E-state index contributed by atoms with van der Waals surface area (Å²) in [4.78, 5) is 19.0. The maximum atomic E-state index is 13.9. The first-order chi connectivity index (χ1) is 24.2. The largest absolute Gasteiger partial charge is 0.627 e. The third-order valence-electron chi connectivity index (χ3n) is 9.44. The van der Waals surface area contributed by atoms with Gasteiger partial charge < -0.3 is 29.0 Å². The van der Waals surface area contributed by atoms with Gasteiger partial charge in [0.1, 0.15) is 62.8 Å². The van der Waals surface area contributed by atoms with Crippen LogP contribution < -0.4 is 20.0 Å². The highest BCUT2D eigenvalue weighted by Gasteiger charge is 2.45. The van der Waals surface area contributed by atoms with Gasteiger partial charge in [-0.2, -0.15) is 10.2 Å².